The van der Waals surface area contributed by atoms with Gasteiger partial charge in [0, 0.05) is 35.0 Å². The fraction of sp³-hybridized carbons (Fsp3) is 0.909. The van der Waals surface area contributed by atoms with Crippen LogP contribution in [0.4, 0.5) is 0 Å². The Bertz CT molecular complexity index is 1100. The average molecular weight is 559 g/mol. The summed E-state index contributed by atoms with van der Waals surface area (Å²) in [6.45, 7) is 16.9. The van der Waals surface area contributed by atoms with Crippen LogP contribution in [0, 0.1) is 49.7 Å². The molecular weight excluding hydrogens is 504 g/mol. The van der Waals surface area contributed by atoms with E-state index in [2.05, 4.69) is 40.3 Å². The molecule has 7 nitrogen and oxygen atoms in total. The van der Waals surface area contributed by atoms with Crippen molar-refractivity contribution in [3.8, 4) is 0 Å². The van der Waals surface area contributed by atoms with Gasteiger partial charge in [0.2, 0.25) is 0 Å². The highest BCUT2D eigenvalue weighted by atomic mass is 16.6. The number of hydrogen-bond acceptors (Lipinski definition) is 7. The predicted molar refractivity (Wildman–Crippen MR) is 155 cm³/mol. The largest absolute Gasteiger partial charge is 0.393 e. The smallest absolute Gasteiger partial charge is 0.111 e. The summed E-state index contributed by atoms with van der Waals surface area (Å²) in [6.07, 6.45) is 7.62. The topological polar surface area (TPSA) is 129 Å². The summed E-state index contributed by atoms with van der Waals surface area (Å²) in [6, 6.07) is 0. The molecule has 6 fully saturated rings. The molecule has 2 unspecified atom stereocenters. The summed E-state index contributed by atoms with van der Waals surface area (Å²) in [7, 11) is 1.60. The normalized spacial score (nSPS) is 57.0. The van der Waals surface area contributed by atoms with Crippen molar-refractivity contribution in [2.24, 2.45) is 50.1 Å². The van der Waals surface area contributed by atoms with Gasteiger partial charge in [-0.1, -0.05) is 33.8 Å². The Kier molecular flexibility index (Phi) is 6.00. The van der Waals surface area contributed by atoms with Crippen LogP contribution in [0.1, 0.15) is 92.9 Å². The Morgan fingerprint density at radius 1 is 1.07 bits per heavy atom. The lowest BCUT2D eigenvalue weighted by Gasteiger charge is -2.67. The van der Waals surface area contributed by atoms with E-state index in [1.165, 1.54) is 0 Å². The van der Waals surface area contributed by atoms with Gasteiger partial charge >= 0.3 is 0 Å². The first kappa shape index (κ1) is 29.3. The molecule has 2 spiro atoms. The van der Waals surface area contributed by atoms with Gasteiger partial charge in [-0.15, -0.1) is 6.58 Å². The molecule has 7 heteroatoms. The lowest BCUT2D eigenvalue weighted by atomic mass is 9.37. The van der Waals surface area contributed by atoms with Crippen LogP contribution in [0.25, 0.3) is 0 Å². The minimum Gasteiger partial charge on any atom is -0.393 e. The van der Waals surface area contributed by atoms with E-state index in [-0.39, 0.29) is 28.3 Å². The van der Waals surface area contributed by atoms with Crippen LogP contribution in [0.5, 0.6) is 0 Å². The first-order chi connectivity index (χ1) is 18.5. The molecule has 0 aromatic rings. The lowest BCUT2D eigenvalue weighted by Crippen LogP contribution is -2.68. The summed E-state index contributed by atoms with van der Waals surface area (Å²) >= 11 is 0. The molecule has 1 heterocycles. The maximum atomic E-state index is 12.5. The van der Waals surface area contributed by atoms with Crippen LogP contribution in [0.3, 0.4) is 0 Å². The molecule has 1 saturated heterocycles. The van der Waals surface area contributed by atoms with E-state index in [4.69, 9.17) is 20.6 Å². The third-order valence-electron chi connectivity index (χ3n) is 15.2. The van der Waals surface area contributed by atoms with Crippen LogP contribution in [-0.4, -0.2) is 70.3 Å². The van der Waals surface area contributed by atoms with Gasteiger partial charge in [0.15, 0.2) is 0 Å². The number of nitrogens with one attached hydrogen (secondary N) is 1. The van der Waals surface area contributed by atoms with Crippen molar-refractivity contribution in [1.82, 2.24) is 0 Å². The maximum Gasteiger partial charge on any atom is 0.111 e. The van der Waals surface area contributed by atoms with Gasteiger partial charge in [-0.3, -0.25) is 0 Å². The molecule has 1 aliphatic heterocycles. The van der Waals surface area contributed by atoms with E-state index in [0.717, 1.165) is 38.5 Å². The van der Waals surface area contributed by atoms with Crippen molar-refractivity contribution < 1.29 is 24.8 Å². The molecule has 40 heavy (non-hydrogen) atoms. The minimum atomic E-state index is -1.10. The molecule has 0 radical (unpaired) electrons. The molecule has 0 bridgehead atoms. The van der Waals surface area contributed by atoms with Crippen molar-refractivity contribution >= 4 is 6.21 Å². The van der Waals surface area contributed by atoms with Crippen LogP contribution < -0.4 is 5.73 Å². The number of methoxy groups -OCH3 is 1. The Morgan fingerprint density at radius 2 is 1.75 bits per heavy atom. The van der Waals surface area contributed by atoms with Crippen LogP contribution >= 0.6 is 0 Å². The summed E-state index contributed by atoms with van der Waals surface area (Å²) in [5.74, 6) is 0.550. The van der Waals surface area contributed by atoms with Gasteiger partial charge in [-0.05, 0) is 87.9 Å². The molecule has 0 aromatic carbocycles. The lowest BCUT2D eigenvalue weighted by molar-refractivity contribution is -0.203. The standard InChI is InChI=1S/C33H54N2O5/c1-9-30-21-11-13-29(18-34)26(3,4)22(36)12-14-32(29)19(2)31(21,32)17-16-28(30,7)33(35)15-10-20(40-25(33)23(30)37)24(39-8)27(5,6)38/h9,18-25,34,36-38H,1,10-17,35H2,2-8H3/t19-,20+,21-,22-,23-,24-,25+,28-,29+,30?,31-,32+,33?/m0/s1. The number of hydrogen-bond donors (Lipinski definition) is 5. The summed E-state index contributed by atoms with van der Waals surface area (Å²) in [5.41, 5.74) is 3.70. The van der Waals surface area contributed by atoms with E-state index in [1.54, 1.807) is 27.2 Å². The fourth-order valence-electron chi connectivity index (χ4n) is 13.3. The molecule has 5 saturated carbocycles. The molecular formula is C33H54N2O5. The number of nitrogens with two attached hydrogens (primary N) is 1. The van der Waals surface area contributed by atoms with E-state index in [0.29, 0.717) is 18.8 Å². The van der Waals surface area contributed by atoms with Crippen LogP contribution in [0.15, 0.2) is 12.7 Å². The van der Waals surface area contributed by atoms with Crippen molar-refractivity contribution in [3.63, 3.8) is 0 Å². The zero-order chi connectivity index (χ0) is 29.5. The van der Waals surface area contributed by atoms with Gasteiger partial charge in [-0.2, -0.15) is 0 Å². The van der Waals surface area contributed by atoms with Crippen molar-refractivity contribution in [1.29, 1.82) is 5.41 Å². The second-order valence-electron chi connectivity index (χ2n) is 16.1. The molecule has 13 atom stereocenters. The number of rotatable bonds is 5. The summed E-state index contributed by atoms with van der Waals surface area (Å²) in [4.78, 5) is 0. The van der Waals surface area contributed by atoms with Gasteiger partial charge in [0.25, 0.3) is 0 Å². The maximum absolute atomic E-state index is 12.5. The van der Waals surface area contributed by atoms with E-state index in [1.807, 2.05) is 0 Å². The Balaban J connectivity index is 1.46. The zero-order valence-corrected chi connectivity index (χ0v) is 25.8. The summed E-state index contributed by atoms with van der Waals surface area (Å²) < 4.78 is 12.5. The van der Waals surface area contributed by atoms with Crippen molar-refractivity contribution in [3.05, 3.63) is 12.7 Å². The highest BCUT2D eigenvalue weighted by molar-refractivity contribution is 5.70. The van der Waals surface area contributed by atoms with Gasteiger partial charge in [0.1, 0.15) is 12.2 Å². The molecule has 6 aliphatic rings. The van der Waals surface area contributed by atoms with Crippen LogP contribution in [0.2, 0.25) is 0 Å². The van der Waals surface area contributed by atoms with E-state index < -0.39 is 51.8 Å². The first-order valence-electron chi connectivity index (χ1n) is 15.7. The molecule has 0 aromatic heterocycles. The Labute approximate surface area is 240 Å². The van der Waals surface area contributed by atoms with Gasteiger partial charge < -0.3 is 35.9 Å². The highest BCUT2D eigenvalue weighted by Crippen LogP contribution is 2.94. The Hall–Kier alpha value is -0.830. The fourth-order valence-corrected chi connectivity index (χ4v) is 13.3. The molecule has 6 N–H and O–H groups in total. The highest BCUT2D eigenvalue weighted by Gasteiger charge is 2.92. The SMILES string of the molecule is C=CC12[C@@H](O)[C@H]3O[C@@H]([C@H](OC)C(C)(C)O)CCC3(N)[C@@]1(C)CC[C@]13[C@H]2CC[C@@]2(C=N)C(C)(C)[C@@H](O)CC[C@]12[C@H]3C. The summed E-state index contributed by atoms with van der Waals surface area (Å²) in [5, 5.41) is 43.4. The molecule has 5 aliphatic carbocycles. The quantitative estimate of drug-likeness (QED) is 0.254. The van der Waals surface area contributed by atoms with Crippen molar-refractivity contribution in [2.45, 2.75) is 135 Å². The third-order valence-corrected chi connectivity index (χ3v) is 15.2. The number of ether oxygens (including phenoxy) is 2. The van der Waals surface area contributed by atoms with Crippen molar-refractivity contribution in [2.75, 3.05) is 7.11 Å². The number of aliphatic hydroxyl groups excluding tert-OH is 2. The predicted octanol–water partition coefficient (Wildman–Crippen LogP) is 4.21. The second kappa shape index (κ2) is 8.21. The third kappa shape index (κ3) is 2.66. The first-order valence-corrected chi connectivity index (χ1v) is 15.7. The average Bonchev–Trinajstić information content (AvgIpc) is 3.38. The number of fused-ring (bicyclic) bond motifs is 4. The zero-order valence-electron chi connectivity index (χ0n) is 25.8. The van der Waals surface area contributed by atoms with E-state index >= 15 is 0 Å². The second-order valence-corrected chi connectivity index (χ2v) is 16.1. The monoisotopic (exact) mass is 558 g/mol. The molecule has 6 rings (SSSR count). The molecule has 226 valence electrons. The van der Waals surface area contributed by atoms with Gasteiger partial charge in [0.05, 0.1) is 29.5 Å². The number of aliphatic hydroxyl groups is 3. The minimum absolute atomic E-state index is 0.0414. The van der Waals surface area contributed by atoms with Gasteiger partial charge in [-0.25, -0.2) is 0 Å². The van der Waals surface area contributed by atoms with E-state index in [9.17, 15) is 15.3 Å². The molecule has 0 amide bonds. The van der Waals surface area contributed by atoms with Crippen LogP contribution in [-0.2, 0) is 9.47 Å². The Morgan fingerprint density at radius 3 is 2.33 bits per heavy atom.